The molecule has 180 valence electrons. The lowest BCUT2D eigenvalue weighted by molar-refractivity contribution is -0.177. The molecule has 2 aromatic carbocycles. The van der Waals surface area contributed by atoms with Crippen molar-refractivity contribution in [3.05, 3.63) is 47.5 Å². The van der Waals surface area contributed by atoms with E-state index in [4.69, 9.17) is 25.8 Å². The Morgan fingerprint density at radius 1 is 1.26 bits per heavy atom. The molecule has 1 atom stereocenters. The van der Waals surface area contributed by atoms with Gasteiger partial charge in [0.2, 0.25) is 0 Å². The minimum Gasteiger partial charge on any atom is -0.493 e. The van der Waals surface area contributed by atoms with Gasteiger partial charge in [-0.15, -0.1) is 0 Å². The maximum atomic E-state index is 13.6. The molecule has 0 aliphatic carbocycles. The van der Waals surface area contributed by atoms with Crippen LogP contribution in [-0.2, 0) is 9.53 Å². The number of carbonyl (C=O) groups excluding carboxylic acids is 1. The van der Waals surface area contributed by atoms with Gasteiger partial charge in [-0.2, -0.15) is 0 Å². The molecule has 0 radical (unpaired) electrons. The molecule has 1 aliphatic rings. The maximum Gasteiger partial charge on any atom is 0.320 e. The van der Waals surface area contributed by atoms with Crippen LogP contribution in [0.15, 0.2) is 36.7 Å². The van der Waals surface area contributed by atoms with E-state index in [2.05, 4.69) is 15.3 Å². The Balaban J connectivity index is 1.68. The SMILES string of the molecule is CCC(Oc1cc2c(Nc3ccc(F)c(Cl)c3)ncnc2cc1OC)N1CC(=O)OC(C)(C)C1. The summed E-state index contributed by atoms with van der Waals surface area (Å²) in [5.74, 6) is 0.681. The van der Waals surface area contributed by atoms with Gasteiger partial charge >= 0.3 is 5.97 Å². The number of methoxy groups -OCH3 is 1. The second-order valence-electron chi connectivity index (χ2n) is 8.62. The molecule has 0 spiro atoms. The lowest BCUT2D eigenvalue weighted by atomic mass is 10.1. The highest BCUT2D eigenvalue weighted by molar-refractivity contribution is 6.31. The van der Waals surface area contributed by atoms with Gasteiger partial charge in [-0.1, -0.05) is 18.5 Å². The monoisotopic (exact) mass is 488 g/mol. The third-order valence-electron chi connectivity index (χ3n) is 5.43. The molecule has 1 unspecified atom stereocenters. The molecule has 1 aromatic heterocycles. The molecular weight excluding hydrogens is 463 g/mol. The Hall–Kier alpha value is -3.17. The van der Waals surface area contributed by atoms with Crippen LogP contribution in [0.2, 0.25) is 5.02 Å². The summed E-state index contributed by atoms with van der Waals surface area (Å²) in [4.78, 5) is 22.8. The van der Waals surface area contributed by atoms with Gasteiger partial charge in [0.25, 0.3) is 0 Å². The van der Waals surface area contributed by atoms with Gasteiger partial charge in [0.05, 0.1) is 24.2 Å². The normalized spacial score (nSPS) is 16.7. The first-order valence-electron chi connectivity index (χ1n) is 10.9. The highest BCUT2D eigenvalue weighted by Crippen LogP contribution is 2.36. The zero-order valence-corrected chi connectivity index (χ0v) is 20.1. The van der Waals surface area contributed by atoms with Crippen LogP contribution < -0.4 is 14.8 Å². The number of esters is 1. The number of cyclic esters (lactones) is 1. The quantitative estimate of drug-likeness (QED) is 0.469. The number of fused-ring (bicyclic) bond motifs is 1. The average Bonchev–Trinajstić information content (AvgIpc) is 2.78. The van der Waals surface area contributed by atoms with Crippen molar-refractivity contribution in [2.45, 2.75) is 39.0 Å². The van der Waals surface area contributed by atoms with Crippen molar-refractivity contribution in [3.63, 3.8) is 0 Å². The predicted octanol–water partition coefficient (Wildman–Crippen LogP) is 4.93. The number of aromatic nitrogens is 2. The molecule has 10 heteroatoms. The molecule has 3 aromatic rings. The lowest BCUT2D eigenvalue weighted by Gasteiger charge is -2.40. The first-order valence-corrected chi connectivity index (χ1v) is 11.2. The van der Waals surface area contributed by atoms with Crippen molar-refractivity contribution in [2.24, 2.45) is 0 Å². The van der Waals surface area contributed by atoms with E-state index in [9.17, 15) is 9.18 Å². The van der Waals surface area contributed by atoms with E-state index < -0.39 is 11.4 Å². The number of hydrogen-bond donors (Lipinski definition) is 1. The van der Waals surface area contributed by atoms with Gasteiger partial charge in [-0.25, -0.2) is 14.4 Å². The van der Waals surface area contributed by atoms with Gasteiger partial charge in [-0.05, 0) is 44.5 Å². The summed E-state index contributed by atoms with van der Waals surface area (Å²) in [6.07, 6.45) is 1.68. The minimum atomic E-state index is -0.610. The number of nitrogens with zero attached hydrogens (tertiary/aromatic N) is 3. The number of carbonyl (C=O) groups is 1. The smallest absolute Gasteiger partial charge is 0.320 e. The van der Waals surface area contributed by atoms with Crippen molar-refractivity contribution in [1.82, 2.24) is 14.9 Å². The largest absolute Gasteiger partial charge is 0.493 e. The molecule has 1 N–H and O–H groups in total. The van der Waals surface area contributed by atoms with Crippen LogP contribution in [0.3, 0.4) is 0 Å². The zero-order chi connectivity index (χ0) is 24.5. The first kappa shape index (κ1) is 24.0. The molecule has 0 bridgehead atoms. The molecular formula is C24H26ClFN4O4. The zero-order valence-electron chi connectivity index (χ0n) is 19.4. The lowest BCUT2D eigenvalue weighted by Crippen LogP contribution is -2.55. The standard InChI is InChI=1S/C24H26ClFN4O4/c1-5-21(30-11-22(31)34-24(2,3)12-30)33-20-9-15-18(10-19(20)32-4)27-13-28-23(15)29-14-6-7-17(26)16(25)8-14/h6-10,13,21H,5,11-12H2,1-4H3,(H,27,28,29). The summed E-state index contributed by atoms with van der Waals surface area (Å²) in [7, 11) is 1.55. The second-order valence-corrected chi connectivity index (χ2v) is 9.02. The number of anilines is 2. The van der Waals surface area contributed by atoms with E-state index in [0.717, 1.165) is 0 Å². The number of benzene rings is 2. The number of ether oxygens (including phenoxy) is 3. The Morgan fingerprint density at radius 2 is 2.06 bits per heavy atom. The predicted molar refractivity (Wildman–Crippen MR) is 127 cm³/mol. The summed E-state index contributed by atoms with van der Waals surface area (Å²) in [5, 5.41) is 3.83. The van der Waals surface area contributed by atoms with Crippen LogP contribution >= 0.6 is 11.6 Å². The Labute approximate surface area is 202 Å². The van der Waals surface area contributed by atoms with Crippen molar-refractivity contribution in [1.29, 1.82) is 0 Å². The minimum absolute atomic E-state index is 0.00261. The number of morpholine rings is 1. The van der Waals surface area contributed by atoms with Crippen LogP contribution in [0.25, 0.3) is 10.9 Å². The van der Waals surface area contributed by atoms with Crippen LogP contribution in [0.5, 0.6) is 11.5 Å². The second kappa shape index (κ2) is 9.60. The molecule has 1 fully saturated rings. The Bertz CT molecular complexity index is 1220. The highest BCUT2D eigenvalue weighted by atomic mass is 35.5. The molecule has 34 heavy (non-hydrogen) atoms. The van der Waals surface area contributed by atoms with Crippen LogP contribution in [0, 0.1) is 5.82 Å². The van der Waals surface area contributed by atoms with Gasteiger partial charge in [0, 0.05) is 23.7 Å². The third kappa shape index (κ3) is 5.15. The Kier molecular flexibility index (Phi) is 6.77. The van der Waals surface area contributed by atoms with Crippen molar-refractivity contribution in [2.75, 3.05) is 25.5 Å². The Morgan fingerprint density at radius 3 is 2.74 bits per heavy atom. The molecule has 1 saturated heterocycles. The van der Waals surface area contributed by atoms with Gasteiger partial charge in [0.1, 0.15) is 23.6 Å². The number of nitrogens with one attached hydrogen (secondary N) is 1. The fraction of sp³-hybridized carbons (Fsp3) is 0.375. The van der Waals surface area contributed by atoms with Crippen molar-refractivity contribution >= 4 is 40.0 Å². The van der Waals surface area contributed by atoms with Gasteiger partial charge in [-0.3, -0.25) is 9.69 Å². The average molecular weight is 489 g/mol. The first-order chi connectivity index (χ1) is 16.2. The molecule has 2 heterocycles. The molecule has 1 aliphatic heterocycles. The van der Waals surface area contributed by atoms with Crippen LogP contribution in [-0.4, -0.2) is 52.9 Å². The summed E-state index contributed by atoms with van der Waals surface area (Å²) in [6.45, 7) is 6.40. The van der Waals surface area contributed by atoms with E-state index in [0.29, 0.717) is 46.9 Å². The van der Waals surface area contributed by atoms with Crippen molar-refractivity contribution < 1.29 is 23.4 Å². The number of rotatable bonds is 7. The van der Waals surface area contributed by atoms with E-state index in [-0.39, 0.29) is 23.8 Å². The summed E-state index contributed by atoms with van der Waals surface area (Å²) in [5.41, 5.74) is 0.594. The fourth-order valence-electron chi connectivity index (χ4n) is 3.98. The third-order valence-corrected chi connectivity index (χ3v) is 5.72. The molecule has 8 nitrogen and oxygen atoms in total. The molecule has 4 rings (SSSR count). The summed E-state index contributed by atoms with van der Waals surface area (Å²) >= 11 is 5.92. The topological polar surface area (TPSA) is 85.8 Å². The van der Waals surface area contributed by atoms with Gasteiger partial charge in [0.15, 0.2) is 17.7 Å². The summed E-state index contributed by atoms with van der Waals surface area (Å²) in [6, 6.07) is 7.88. The van der Waals surface area contributed by atoms with Crippen LogP contribution in [0.4, 0.5) is 15.9 Å². The summed E-state index contributed by atoms with van der Waals surface area (Å²) < 4.78 is 30.9. The van der Waals surface area contributed by atoms with Gasteiger partial charge < -0.3 is 19.5 Å². The fourth-order valence-corrected chi connectivity index (χ4v) is 4.16. The van der Waals surface area contributed by atoms with E-state index >= 15 is 0 Å². The molecule has 0 saturated carbocycles. The van der Waals surface area contributed by atoms with E-state index in [1.807, 2.05) is 25.7 Å². The highest BCUT2D eigenvalue weighted by Gasteiger charge is 2.36. The maximum absolute atomic E-state index is 13.6. The van der Waals surface area contributed by atoms with Crippen molar-refractivity contribution in [3.8, 4) is 11.5 Å². The molecule has 0 amide bonds. The number of halogens is 2. The van der Waals surface area contributed by atoms with E-state index in [1.54, 1.807) is 25.3 Å². The van der Waals surface area contributed by atoms with E-state index in [1.165, 1.54) is 18.5 Å². The van der Waals surface area contributed by atoms with Crippen LogP contribution in [0.1, 0.15) is 27.2 Å². The number of hydrogen-bond acceptors (Lipinski definition) is 8.